The zero-order chi connectivity index (χ0) is 20.0. The maximum atomic E-state index is 12.8. The van der Waals surface area contributed by atoms with Gasteiger partial charge in [-0.1, -0.05) is 36.4 Å². The fourth-order valence-electron chi connectivity index (χ4n) is 3.35. The molecule has 2 aromatic rings. The van der Waals surface area contributed by atoms with Crippen molar-refractivity contribution < 1.29 is 27.4 Å². The van der Waals surface area contributed by atoms with Gasteiger partial charge in [0.05, 0.1) is 5.56 Å². The molecule has 1 N–H and O–H groups in total. The van der Waals surface area contributed by atoms with Crippen molar-refractivity contribution in [1.82, 2.24) is 5.32 Å². The number of halogens is 3. The zero-order valence-electron chi connectivity index (χ0n) is 15.3. The summed E-state index contributed by atoms with van der Waals surface area (Å²) in [5.74, 6) is -0.368. The average molecular weight is 393 g/mol. The second-order valence-electron chi connectivity index (χ2n) is 6.85. The van der Waals surface area contributed by atoms with E-state index in [1.54, 1.807) is 0 Å². The van der Waals surface area contributed by atoms with Gasteiger partial charge in [-0.05, 0) is 36.6 Å². The average Bonchev–Trinajstić information content (AvgIpc) is 2.72. The van der Waals surface area contributed by atoms with Gasteiger partial charge in [-0.2, -0.15) is 13.2 Å². The predicted octanol–water partition coefficient (Wildman–Crippen LogP) is 3.95. The molecule has 1 amide bonds. The number of rotatable bonds is 6. The Labute approximate surface area is 161 Å². The summed E-state index contributed by atoms with van der Waals surface area (Å²) < 4.78 is 49.0. The van der Waals surface area contributed by atoms with Crippen LogP contribution < -0.4 is 10.1 Å². The highest BCUT2D eigenvalue weighted by Gasteiger charge is 2.35. The summed E-state index contributed by atoms with van der Waals surface area (Å²) >= 11 is 0. The van der Waals surface area contributed by atoms with Crippen molar-refractivity contribution in [2.24, 2.45) is 0 Å². The Morgan fingerprint density at radius 3 is 2.46 bits per heavy atom. The summed E-state index contributed by atoms with van der Waals surface area (Å²) in [6.07, 6.45) is -2.88. The molecule has 1 fully saturated rings. The standard InChI is InChI=1S/C21H22F3NO3/c22-21(23,24)17-7-4-8-18(13-17)28-14-19(26)25-15-20(9-11-27-12-10-20)16-5-2-1-3-6-16/h1-8,13H,9-12,14-15H2,(H,25,26). The Balaban J connectivity index is 1.58. The van der Waals surface area contributed by atoms with Crippen molar-refractivity contribution in [1.29, 1.82) is 0 Å². The third-order valence-electron chi connectivity index (χ3n) is 4.99. The van der Waals surface area contributed by atoms with E-state index < -0.39 is 11.7 Å². The summed E-state index contributed by atoms with van der Waals surface area (Å²) in [5, 5.41) is 2.87. The van der Waals surface area contributed by atoms with Crippen molar-refractivity contribution in [3.8, 4) is 5.75 Å². The number of carbonyl (C=O) groups is 1. The first-order valence-electron chi connectivity index (χ1n) is 9.09. The van der Waals surface area contributed by atoms with Gasteiger partial charge in [-0.25, -0.2) is 0 Å². The van der Waals surface area contributed by atoms with Gasteiger partial charge in [-0.3, -0.25) is 4.79 Å². The minimum atomic E-state index is -4.45. The third-order valence-corrected chi connectivity index (χ3v) is 4.99. The lowest BCUT2D eigenvalue weighted by Crippen LogP contribution is -2.45. The highest BCUT2D eigenvalue weighted by atomic mass is 19.4. The van der Waals surface area contributed by atoms with Crippen molar-refractivity contribution >= 4 is 5.91 Å². The van der Waals surface area contributed by atoms with Crippen LogP contribution in [0.15, 0.2) is 54.6 Å². The molecule has 28 heavy (non-hydrogen) atoms. The lowest BCUT2D eigenvalue weighted by atomic mass is 9.74. The molecule has 0 unspecified atom stereocenters. The van der Waals surface area contributed by atoms with Gasteiger partial charge in [-0.15, -0.1) is 0 Å². The van der Waals surface area contributed by atoms with E-state index in [1.807, 2.05) is 30.3 Å². The molecule has 7 heteroatoms. The topological polar surface area (TPSA) is 47.6 Å². The monoisotopic (exact) mass is 393 g/mol. The smallest absolute Gasteiger partial charge is 0.416 e. The lowest BCUT2D eigenvalue weighted by molar-refractivity contribution is -0.137. The Morgan fingerprint density at radius 2 is 1.79 bits per heavy atom. The molecule has 1 aliphatic heterocycles. The fraction of sp³-hybridized carbons (Fsp3) is 0.381. The first kappa shape index (κ1) is 20.2. The van der Waals surface area contributed by atoms with E-state index in [0.29, 0.717) is 19.8 Å². The second kappa shape index (κ2) is 8.65. The molecule has 0 bridgehead atoms. The van der Waals surface area contributed by atoms with Gasteiger partial charge in [0.2, 0.25) is 0 Å². The molecule has 2 aromatic carbocycles. The molecule has 150 valence electrons. The molecular formula is C21H22F3NO3. The van der Waals surface area contributed by atoms with Crippen molar-refractivity contribution in [3.63, 3.8) is 0 Å². The summed E-state index contributed by atoms with van der Waals surface area (Å²) in [7, 11) is 0. The quantitative estimate of drug-likeness (QED) is 0.809. The summed E-state index contributed by atoms with van der Waals surface area (Å²) in [6.45, 7) is 1.31. The first-order valence-corrected chi connectivity index (χ1v) is 9.09. The van der Waals surface area contributed by atoms with Gasteiger partial charge in [0.15, 0.2) is 6.61 Å². The van der Waals surface area contributed by atoms with Crippen molar-refractivity contribution in [2.45, 2.75) is 24.4 Å². The number of benzene rings is 2. The van der Waals surface area contributed by atoms with Crippen LogP contribution in [0.2, 0.25) is 0 Å². The van der Waals surface area contributed by atoms with E-state index >= 15 is 0 Å². The summed E-state index contributed by atoms with van der Waals surface area (Å²) in [5.41, 5.74) is 0.110. The number of nitrogens with one attached hydrogen (secondary N) is 1. The minimum Gasteiger partial charge on any atom is -0.484 e. The maximum absolute atomic E-state index is 12.8. The Hall–Kier alpha value is -2.54. The fourth-order valence-corrected chi connectivity index (χ4v) is 3.35. The van der Waals surface area contributed by atoms with Crippen LogP contribution in [0.4, 0.5) is 13.2 Å². The van der Waals surface area contributed by atoms with Crippen LogP contribution in [-0.2, 0) is 21.1 Å². The molecule has 1 heterocycles. The highest BCUT2D eigenvalue weighted by molar-refractivity contribution is 5.77. The van der Waals surface area contributed by atoms with Gasteiger partial charge in [0.25, 0.3) is 5.91 Å². The predicted molar refractivity (Wildman–Crippen MR) is 98.1 cm³/mol. The molecule has 0 radical (unpaired) electrons. The summed E-state index contributed by atoms with van der Waals surface area (Å²) in [6, 6.07) is 14.4. The van der Waals surface area contributed by atoms with E-state index in [4.69, 9.17) is 9.47 Å². The molecule has 0 saturated carbocycles. The molecule has 1 saturated heterocycles. The van der Waals surface area contributed by atoms with E-state index in [0.717, 1.165) is 30.5 Å². The Morgan fingerprint density at radius 1 is 1.07 bits per heavy atom. The maximum Gasteiger partial charge on any atom is 0.416 e. The zero-order valence-corrected chi connectivity index (χ0v) is 15.3. The molecule has 0 aromatic heterocycles. The second-order valence-corrected chi connectivity index (χ2v) is 6.85. The molecule has 0 aliphatic carbocycles. The van der Waals surface area contributed by atoms with E-state index in [9.17, 15) is 18.0 Å². The number of hydrogen-bond donors (Lipinski definition) is 1. The highest BCUT2D eigenvalue weighted by Crippen LogP contribution is 2.34. The van der Waals surface area contributed by atoms with Crippen LogP contribution >= 0.6 is 0 Å². The van der Waals surface area contributed by atoms with Crippen LogP contribution in [0.1, 0.15) is 24.0 Å². The van der Waals surface area contributed by atoms with Gasteiger partial charge >= 0.3 is 6.18 Å². The van der Waals surface area contributed by atoms with E-state index in [1.165, 1.54) is 12.1 Å². The van der Waals surface area contributed by atoms with Crippen LogP contribution in [0.3, 0.4) is 0 Å². The minimum absolute atomic E-state index is 0.00816. The van der Waals surface area contributed by atoms with E-state index in [-0.39, 0.29) is 23.7 Å². The number of hydrogen-bond acceptors (Lipinski definition) is 3. The van der Waals surface area contributed by atoms with Crippen LogP contribution in [0, 0.1) is 0 Å². The van der Waals surface area contributed by atoms with Crippen molar-refractivity contribution in [2.75, 3.05) is 26.4 Å². The molecule has 3 rings (SSSR count). The molecule has 4 nitrogen and oxygen atoms in total. The molecule has 1 aliphatic rings. The number of ether oxygens (including phenoxy) is 2. The van der Waals surface area contributed by atoms with E-state index in [2.05, 4.69) is 5.32 Å². The Kier molecular flexibility index (Phi) is 6.24. The van der Waals surface area contributed by atoms with Gasteiger partial charge in [0, 0.05) is 25.2 Å². The third kappa shape index (κ3) is 5.04. The van der Waals surface area contributed by atoms with Crippen LogP contribution in [0.5, 0.6) is 5.75 Å². The number of amides is 1. The number of carbonyl (C=O) groups excluding carboxylic acids is 1. The first-order chi connectivity index (χ1) is 13.4. The van der Waals surface area contributed by atoms with Crippen LogP contribution in [-0.4, -0.2) is 32.3 Å². The SMILES string of the molecule is O=C(COc1cccc(C(F)(F)F)c1)NCC1(c2ccccc2)CCOCC1. The molecule has 0 atom stereocenters. The Bertz CT molecular complexity index is 787. The molecule has 0 spiro atoms. The van der Waals surface area contributed by atoms with Gasteiger partial charge in [0.1, 0.15) is 5.75 Å². The van der Waals surface area contributed by atoms with Crippen molar-refractivity contribution in [3.05, 3.63) is 65.7 Å². The normalized spacial score (nSPS) is 16.4. The number of alkyl halides is 3. The lowest BCUT2D eigenvalue weighted by Gasteiger charge is -2.38. The van der Waals surface area contributed by atoms with Crippen LogP contribution in [0.25, 0.3) is 0 Å². The largest absolute Gasteiger partial charge is 0.484 e. The van der Waals surface area contributed by atoms with Gasteiger partial charge < -0.3 is 14.8 Å². The summed E-state index contributed by atoms with van der Waals surface area (Å²) in [4.78, 5) is 12.2. The molecular weight excluding hydrogens is 371 g/mol.